The van der Waals surface area contributed by atoms with Crippen LogP contribution < -0.4 is 5.32 Å². The van der Waals surface area contributed by atoms with Crippen molar-refractivity contribution in [3.8, 4) is 0 Å². The number of benzene rings is 1. The predicted octanol–water partition coefficient (Wildman–Crippen LogP) is 2.84. The van der Waals surface area contributed by atoms with Crippen LogP contribution in [0.3, 0.4) is 0 Å². The number of rotatable bonds is 8. The van der Waals surface area contributed by atoms with Gasteiger partial charge in [-0.05, 0) is 37.7 Å². The van der Waals surface area contributed by atoms with E-state index in [0.29, 0.717) is 18.9 Å². The molecule has 0 aliphatic carbocycles. The molecule has 3 nitrogen and oxygen atoms in total. The zero-order chi connectivity index (χ0) is 15.0. The van der Waals surface area contributed by atoms with Gasteiger partial charge < -0.3 is 10.4 Å². The summed E-state index contributed by atoms with van der Waals surface area (Å²) in [5, 5.41) is 12.5. The molecule has 0 aliphatic rings. The van der Waals surface area contributed by atoms with Crippen LogP contribution in [0.5, 0.6) is 0 Å². The van der Waals surface area contributed by atoms with Crippen LogP contribution in [0.4, 0.5) is 0 Å². The lowest BCUT2D eigenvalue weighted by Gasteiger charge is -2.13. The molecule has 1 aromatic rings. The molecule has 1 amide bonds. The van der Waals surface area contributed by atoms with Gasteiger partial charge in [-0.25, -0.2) is 0 Å². The SMILES string of the molecule is Cc1ccc(CCCC(=O)NCC(O)CC(C)C)cc1. The van der Waals surface area contributed by atoms with Crippen molar-refractivity contribution in [2.24, 2.45) is 5.92 Å². The third kappa shape index (κ3) is 7.29. The Bertz CT molecular complexity index is 398. The molecule has 0 bridgehead atoms. The van der Waals surface area contributed by atoms with Crippen molar-refractivity contribution in [3.63, 3.8) is 0 Å². The highest BCUT2D eigenvalue weighted by Gasteiger charge is 2.08. The number of aliphatic hydroxyl groups is 1. The molecular weight excluding hydrogens is 250 g/mol. The summed E-state index contributed by atoms with van der Waals surface area (Å²) in [6.45, 7) is 6.56. The van der Waals surface area contributed by atoms with Crippen LogP contribution in [0.2, 0.25) is 0 Å². The van der Waals surface area contributed by atoms with Gasteiger partial charge >= 0.3 is 0 Å². The Morgan fingerprint density at radius 3 is 2.50 bits per heavy atom. The zero-order valence-corrected chi connectivity index (χ0v) is 12.9. The lowest BCUT2D eigenvalue weighted by Crippen LogP contribution is -2.32. The Balaban J connectivity index is 2.15. The van der Waals surface area contributed by atoms with Crippen LogP contribution in [0.15, 0.2) is 24.3 Å². The molecule has 0 radical (unpaired) electrons. The summed E-state index contributed by atoms with van der Waals surface area (Å²) < 4.78 is 0. The first-order valence-corrected chi connectivity index (χ1v) is 7.47. The highest BCUT2D eigenvalue weighted by molar-refractivity contribution is 5.75. The fraction of sp³-hybridized carbons (Fsp3) is 0.588. The van der Waals surface area contributed by atoms with E-state index in [9.17, 15) is 9.90 Å². The second-order valence-electron chi connectivity index (χ2n) is 5.93. The van der Waals surface area contributed by atoms with E-state index in [0.717, 1.165) is 19.3 Å². The minimum atomic E-state index is -0.434. The summed E-state index contributed by atoms with van der Waals surface area (Å²) in [6.07, 6.45) is 2.57. The zero-order valence-electron chi connectivity index (χ0n) is 12.9. The third-order valence-electron chi connectivity index (χ3n) is 3.27. The van der Waals surface area contributed by atoms with E-state index in [1.165, 1.54) is 11.1 Å². The van der Waals surface area contributed by atoms with Gasteiger partial charge in [0.1, 0.15) is 0 Å². The van der Waals surface area contributed by atoms with Gasteiger partial charge in [-0.2, -0.15) is 0 Å². The molecule has 1 rings (SSSR count). The minimum absolute atomic E-state index is 0.0277. The molecule has 2 N–H and O–H groups in total. The smallest absolute Gasteiger partial charge is 0.220 e. The maximum absolute atomic E-state index is 11.7. The second kappa shape index (κ2) is 8.75. The van der Waals surface area contributed by atoms with Crippen LogP contribution >= 0.6 is 0 Å². The molecule has 0 heterocycles. The lowest BCUT2D eigenvalue weighted by atomic mass is 10.1. The van der Waals surface area contributed by atoms with Crippen molar-refractivity contribution in [3.05, 3.63) is 35.4 Å². The highest BCUT2D eigenvalue weighted by atomic mass is 16.3. The van der Waals surface area contributed by atoms with Gasteiger partial charge in [0.2, 0.25) is 5.91 Å². The van der Waals surface area contributed by atoms with E-state index in [1.807, 2.05) is 0 Å². The molecule has 0 saturated heterocycles. The number of carbonyl (C=O) groups is 1. The van der Waals surface area contributed by atoms with E-state index >= 15 is 0 Å². The molecule has 1 unspecified atom stereocenters. The fourth-order valence-corrected chi connectivity index (χ4v) is 2.16. The molecular formula is C17H27NO2. The van der Waals surface area contributed by atoms with Gasteiger partial charge in [-0.3, -0.25) is 4.79 Å². The van der Waals surface area contributed by atoms with Crippen molar-refractivity contribution in [2.75, 3.05) is 6.54 Å². The number of aryl methyl sites for hydroxylation is 2. The van der Waals surface area contributed by atoms with Crippen LogP contribution in [-0.2, 0) is 11.2 Å². The molecule has 0 aliphatic heterocycles. The third-order valence-corrected chi connectivity index (χ3v) is 3.27. The molecule has 1 atom stereocenters. The maximum Gasteiger partial charge on any atom is 0.220 e. The van der Waals surface area contributed by atoms with Crippen LogP contribution in [-0.4, -0.2) is 23.7 Å². The summed E-state index contributed by atoms with van der Waals surface area (Å²) >= 11 is 0. The average Bonchev–Trinajstić information content (AvgIpc) is 2.38. The Morgan fingerprint density at radius 2 is 1.90 bits per heavy atom. The molecule has 112 valence electrons. The fourth-order valence-electron chi connectivity index (χ4n) is 2.16. The van der Waals surface area contributed by atoms with E-state index in [2.05, 4.69) is 50.4 Å². The Morgan fingerprint density at radius 1 is 1.25 bits per heavy atom. The van der Waals surface area contributed by atoms with Crippen molar-refractivity contribution in [2.45, 2.75) is 52.6 Å². The summed E-state index contributed by atoms with van der Waals surface area (Å²) in [7, 11) is 0. The molecule has 0 aromatic heterocycles. The largest absolute Gasteiger partial charge is 0.391 e. The standard InChI is InChI=1S/C17H27NO2/c1-13(2)11-16(19)12-18-17(20)6-4-5-15-9-7-14(3)8-10-15/h7-10,13,16,19H,4-6,11-12H2,1-3H3,(H,18,20). The number of hydrogen-bond acceptors (Lipinski definition) is 2. The quantitative estimate of drug-likeness (QED) is 0.767. The van der Waals surface area contributed by atoms with Gasteiger partial charge in [0.15, 0.2) is 0 Å². The minimum Gasteiger partial charge on any atom is -0.391 e. The topological polar surface area (TPSA) is 49.3 Å². The number of aliphatic hydroxyl groups excluding tert-OH is 1. The number of carbonyl (C=O) groups excluding carboxylic acids is 1. The molecule has 1 aromatic carbocycles. The normalized spacial score (nSPS) is 12.4. The second-order valence-corrected chi connectivity index (χ2v) is 5.93. The number of hydrogen-bond donors (Lipinski definition) is 2. The van der Waals surface area contributed by atoms with Gasteiger partial charge in [0.25, 0.3) is 0 Å². The first kappa shape index (κ1) is 16.7. The van der Waals surface area contributed by atoms with Crippen LogP contribution in [0, 0.1) is 12.8 Å². The Hall–Kier alpha value is -1.35. The van der Waals surface area contributed by atoms with Crippen molar-refractivity contribution in [1.82, 2.24) is 5.32 Å². The van der Waals surface area contributed by atoms with E-state index in [1.54, 1.807) is 0 Å². The van der Waals surface area contributed by atoms with Crippen molar-refractivity contribution < 1.29 is 9.90 Å². The molecule has 20 heavy (non-hydrogen) atoms. The monoisotopic (exact) mass is 277 g/mol. The average molecular weight is 277 g/mol. The van der Waals surface area contributed by atoms with Crippen LogP contribution in [0.25, 0.3) is 0 Å². The molecule has 3 heteroatoms. The van der Waals surface area contributed by atoms with Gasteiger partial charge in [-0.15, -0.1) is 0 Å². The molecule has 0 saturated carbocycles. The number of nitrogens with one attached hydrogen (secondary N) is 1. The van der Waals surface area contributed by atoms with Gasteiger partial charge in [-0.1, -0.05) is 43.7 Å². The molecule has 0 spiro atoms. The summed E-state index contributed by atoms with van der Waals surface area (Å²) in [5.41, 5.74) is 2.52. The summed E-state index contributed by atoms with van der Waals surface area (Å²) in [6, 6.07) is 8.41. The van der Waals surface area contributed by atoms with E-state index < -0.39 is 6.10 Å². The van der Waals surface area contributed by atoms with Crippen molar-refractivity contribution in [1.29, 1.82) is 0 Å². The van der Waals surface area contributed by atoms with Gasteiger partial charge in [0.05, 0.1) is 6.10 Å². The highest BCUT2D eigenvalue weighted by Crippen LogP contribution is 2.07. The Kier molecular flexibility index (Phi) is 7.31. The first-order valence-electron chi connectivity index (χ1n) is 7.47. The Labute approximate surface area is 122 Å². The summed E-state index contributed by atoms with van der Waals surface area (Å²) in [5.74, 6) is 0.475. The molecule has 0 fully saturated rings. The van der Waals surface area contributed by atoms with E-state index in [4.69, 9.17) is 0 Å². The summed E-state index contributed by atoms with van der Waals surface area (Å²) in [4.78, 5) is 11.7. The predicted molar refractivity (Wildman–Crippen MR) is 82.6 cm³/mol. The van der Waals surface area contributed by atoms with Crippen molar-refractivity contribution >= 4 is 5.91 Å². The lowest BCUT2D eigenvalue weighted by molar-refractivity contribution is -0.121. The maximum atomic E-state index is 11.7. The van der Waals surface area contributed by atoms with Gasteiger partial charge in [0, 0.05) is 13.0 Å². The van der Waals surface area contributed by atoms with Crippen LogP contribution in [0.1, 0.15) is 44.2 Å². The van der Waals surface area contributed by atoms with E-state index in [-0.39, 0.29) is 5.91 Å². The number of amides is 1. The first-order chi connectivity index (χ1) is 9.47.